The Morgan fingerprint density at radius 3 is 2.46 bits per heavy atom. The molecule has 184 valence electrons. The van der Waals surface area contributed by atoms with Gasteiger partial charge in [0.2, 0.25) is 17.1 Å². The first-order chi connectivity index (χ1) is 16.9. The highest BCUT2D eigenvalue weighted by molar-refractivity contribution is 6.64. The van der Waals surface area contributed by atoms with Crippen molar-refractivity contribution in [1.29, 1.82) is 0 Å². The van der Waals surface area contributed by atoms with Gasteiger partial charge in [0, 0.05) is 47.7 Å². The highest BCUT2D eigenvalue weighted by Crippen LogP contribution is 2.31. The minimum absolute atomic E-state index is 0.00652. The molecule has 2 saturated carbocycles. The number of halogens is 2. The van der Waals surface area contributed by atoms with E-state index in [1.54, 1.807) is 35.2 Å². The third-order valence-electron chi connectivity index (χ3n) is 5.54. The molecule has 0 bridgehead atoms. The molecule has 2 aliphatic rings. The number of hydrogen-bond donors (Lipinski definition) is 2. The van der Waals surface area contributed by atoms with E-state index in [1.165, 1.54) is 0 Å². The van der Waals surface area contributed by atoms with E-state index in [1.807, 2.05) is 18.2 Å². The van der Waals surface area contributed by atoms with E-state index in [9.17, 15) is 18.8 Å². The molecule has 0 radical (unpaired) electrons. The van der Waals surface area contributed by atoms with Crippen LogP contribution in [-0.2, 0) is 20.9 Å². The van der Waals surface area contributed by atoms with Gasteiger partial charge in [-0.2, -0.15) is 0 Å². The second-order valence-electron chi connectivity index (χ2n) is 8.52. The average molecular weight is 501 g/mol. The molecule has 10 heteroatoms. The van der Waals surface area contributed by atoms with Gasteiger partial charge in [-0.1, -0.05) is 0 Å². The number of aromatic nitrogens is 2. The Bertz CT molecular complexity index is 1220. The number of rotatable bonds is 9. The van der Waals surface area contributed by atoms with Gasteiger partial charge in [0.15, 0.2) is 0 Å². The topological polar surface area (TPSA) is 102 Å². The van der Waals surface area contributed by atoms with Crippen LogP contribution in [0, 0.1) is 11.8 Å². The largest absolute Gasteiger partial charge is 0.457 e. The number of benzene rings is 1. The van der Waals surface area contributed by atoms with Gasteiger partial charge >= 0.3 is 0 Å². The van der Waals surface area contributed by atoms with Gasteiger partial charge in [-0.15, -0.1) is 0 Å². The monoisotopic (exact) mass is 500 g/mol. The van der Waals surface area contributed by atoms with E-state index in [4.69, 9.17) is 16.3 Å². The molecule has 2 N–H and O–H groups in total. The smallest absolute Gasteiger partial charge is 0.240 e. The van der Waals surface area contributed by atoms with Crippen molar-refractivity contribution in [3.63, 3.8) is 0 Å². The molecule has 3 aromatic rings. The van der Waals surface area contributed by atoms with Crippen molar-refractivity contribution in [3.05, 3.63) is 48.8 Å². The number of ether oxygens (including phenoxy) is 1. The molecule has 2 heterocycles. The summed E-state index contributed by atoms with van der Waals surface area (Å²) in [6.45, 7) is -0.441. The number of alkyl halides is 1. The molecule has 2 amide bonds. The van der Waals surface area contributed by atoms with Gasteiger partial charge in [-0.25, -0.2) is 9.37 Å². The third-order valence-corrected chi connectivity index (χ3v) is 5.85. The molecule has 35 heavy (non-hydrogen) atoms. The first-order valence-corrected chi connectivity index (χ1v) is 11.9. The van der Waals surface area contributed by atoms with E-state index in [-0.39, 0.29) is 42.0 Å². The number of amides is 2. The summed E-state index contributed by atoms with van der Waals surface area (Å²) in [5.41, 5.74) is 0.875. The predicted molar refractivity (Wildman–Crippen MR) is 130 cm³/mol. The number of hydrogen-bond acceptors (Lipinski definition) is 5. The van der Waals surface area contributed by atoms with E-state index in [0.29, 0.717) is 17.3 Å². The molecule has 5 rings (SSSR count). The van der Waals surface area contributed by atoms with Gasteiger partial charge in [0.25, 0.3) is 0 Å². The van der Waals surface area contributed by atoms with Crippen LogP contribution in [-0.4, -0.2) is 39.8 Å². The second-order valence-corrected chi connectivity index (χ2v) is 8.90. The summed E-state index contributed by atoms with van der Waals surface area (Å²) in [7, 11) is 0. The minimum atomic E-state index is -0.583. The molecule has 0 saturated heterocycles. The van der Waals surface area contributed by atoms with Crippen molar-refractivity contribution in [2.24, 2.45) is 11.8 Å². The molecule has 0 spiro atoms. The van der Waals surface area contributed by atoms with E-state index in [0.717, 1.165) is 36.6 Å². The lowest BCUT2D eigenvalue weighted by molar-refractivity contribution is -0.121. The van der Waals surface area contributed by atoms with Crippen molar-refractivity contribution in [2.75, 3.05) is 18.5 Å². The predicted octanol–water partition coefficient (Wildman–Crippen LogP) is 4.42. The zero-order valence-corrected chi connectivity index (χ0v) is 19.8. The summed E-state index contributed by atoms with van der Waals surface area (Å²) < 4.78 is 19.9. The number of fused-ring (bicyclic) bond motifs is 1. The van der Waals surface area contributed by atoms with Crippen LogP contribution in [0.1, 0.15) is 25.7 Å². The van der Waals surface area contributed by atoms with Gasteiger partial charge in [-0.05, 0) is 67.6 Å². The zero-order chi connectivity index (χ0) is 24.8. The highest BCUT2D eigenvalue weighted by atomic mass is 35.5. The molecule has 2 aromatic heterocycles. The normalized spacial score (nSPS) is 14.6. The quantitative estimate of drug-likeness (QED) is 0.423. The van der Waals surface area contributed by atoms with Crippen molar-refractivity contribution in [1.82, 2.24) is 14.9 Å². The van der Waals surface area contributed by atoms with Crippen LogP contribution in [0.25, 0.3) is 10.9 Å². The Labute approximate surface area is 206 Å². The number of anilines is 1. The Morgan fingerprint density at radius 1 is 1.06 bits per heavy atom. The van der Waals surface area contributed by atoms with Crippen LogP contribution in [0.15, 0.2) is 48.8 Å². The third kappa shape index (κ3) is 7.26. The van der Waals surface area contributed by atoms with Crippen LogP contribution in [0.5, 0.6) is 11.5 Å². The van der Waals surface area contributed by atoms with Crippen LogP contribution in [0.4, 0.5) is 10.2 Å². The Balaban J connectivity index is 0.000000421. The molecule has 0 atom stereocenters. The van der Waals surface area contributed by atoms with Crippen LogP contribution >= 0.6 is 11.6 Å². The number of pyridine rings is 1. The first kappa shape index (κ1) is 24.7. The fourth-order valence-corrected chi connectivity index (χ4v) is 3.56. The van der Waals surface area contributed by atoms with Gasteiger partial charge < -0.3 is 19.9 Å². The highest BCUT2D eigenvalue weighted by Gasteiger charge is 2.30. The Kier molecular flexibility index (Phi) is 7.97. The molecule has 2 fully saturated rings. The lowest BCUT2D eigenvalue weighted by atomic mass is 10.2. The van der Waals surface area contributed by atoms with Crippen LogP contribution in [0.3, 0.4) is 0 Å². The number of nitrogens with zero attached hydrogens (tertiary/aromatic N) is 2. The Hall–Kier alpha value is -3.46. The standard InChI is InChI=1S/C21H21FN4O3.C4H5ClO/c22-7-9-24-20(27)13-26-10-6-15-11-16(3-4-18(15)26)29-17-5-8-23-19(12-17)25-21(28)14-1-2-14;5-4(6)3-1-2-3/h3-6,8,10-12,14H,1-2,7,9,13H2,(H,24,27)(H,23,25,28);3H,1-2H2. The number of carbonyl (C=O) groups excluding carboxylic acids is 3. The molecule has 1 aromatic carbocycles. The van der Waals surface area contributed by atoms with Crippen LogP contribution in [0.2, 0.25) is 0 Å². The average Bonchev–Trinajstić information content (AvgIpc) is 3.75. The van der Waals surface area contributed by atoms with Crippen molar-refractivity contribution in [3.8, 4) is 11.5 Å². The lowest BCUT2D eigenvalue weighted by Crippen LogP contribution is -2.28. The molecule has 8 nitrogen and oxygen atoms in total. The van der Waals surface area contributed by atoms with Crippen molar-refractivity contribution < 1.29 is 23.5 Å². The molecular formula is C25H26ClFN4O4. The summed E-state index contributed by atoms with van der Waals surface area (Å²) >= 11 is 5.04. The van der Waals surface area contributed by atoms with E-state index >= 15 is 0 Å². The second kappa shape index (κ2) is 11.3. The van der Waals surface area contributed by atoms with E-state index in [2.05, 4.69) is 15.6 Å². The maximum atomic E-state index is 12.2. The zero-order valence-electron chi connectivity index (χ0n) is 19.0. The maximum Gasteiger partial charge on any atom is 0.240 e. The SMILES string of the molecule is O=C(Cl)C1CC1.O=C(Cn1ccc2cc(Oc3ccnc(NC(=O)C4CC4)c3)ccc21)NCCF. The summed E-state index contributed by atoms with van der Waals surface area (Å²) in [6.07, 6.45) is 7.29. The van der Waals surface area contributed by atoms with Crippen LogP contribution < -0.4 is 15.4 Å². The summed E-state index contributed by atoms with van der Waals surface area (Å²) in [5.74, 6) is 1.74. The minimum Gasteiger partial charge on any atom is -0.457 e. The number of nitrogens with one attached hydrogen (secondary N) is 2. The fraction of sp³-hybridized carbons (Fsp3) is 0.360. The number of carbonyl (C=O) groups is 3. The van der Waals surface area contributed by atoms with Gasteiger partial charge in [-0.3, -0.25) is 14.4 Å². The summed E-state index contributed by atoms with van der Waals surface area (Å²) in [6, 6.07) is 10.8. The van der Waals surface area contributed by atoms with E-state index < -0.39 is 6.67 Å². The molecule has 0 aliphatic heterocycles. The van der Waals surface area contributed by atoms with Gasteiger partial charge in [0.05, 0.1) is 0 Å². The van der Waals surface area contributed by atoms with Crippen molar-refractivity contribution >= 4 is 45.4 Å². The lowest BCUT2D eigenvalue weighted by Gasteiger charge is -2.09. The molecule has 0 unspecified atom stereocenters. The summed E-state index contributed by atoms with van der Waals surface area (Å²) in [4.78, 5) is 37.8. The van der Waals surface area contributed by atoms with Gasteiger partial charge in [0.1, 0.15) is 30.5 Å². The Morgan fingerprint density at radius 2 is 1.80 bits per heavy atom. The molecular weight excluding hydrogens is 475 g/mol. The molecule has 2 aliphatic carbocycles. The fourth-order valence-electron chi connectivity index (χ4n) is 3.34. The first-order valence-electron chi connectivity index (χ1n) is 11.5. The van der Waals surface area contributed by atoms with Crippen molar-refractivity contribution in [2.45, 2.75) is 32.2 Å². The maximum absolute atomic E-state index is 12.2. The summed E-state index contributed by atoms with van der Waals surface area (Å²) in [5, 5.41) is 6.07.